The summed E-state index contributed by atoms with van der Waals surface area (Å²) in [6.45, 7) is 3.05. The fraction of sp³-hybridized carbons (Fsp3) is 0.278. The second kappa shape index (κ2) is 7.41. The monoisotopic (exact) mass is 357 g/mol. The molecule has 25 heavy (non-hydrogen) atoms. The molecular weight excluding hydrogens is 338 g/mol. The fourth-order valence-corrected chi connectivity index (χ4v) is 3.14. The Morgan fingerprint density at radius 1 is 1.44 bits per heavy atom. The smallest absolute Gasteiger partial charge is 0.270 e. The Bertz CT molecular complexity index is 943. The molecule has 6 nitrogen and oxygen atoms in total. The summed E-state index contributed by atoms with van der Waals surface area (Å²) in [6, 6.07) is 5.79. The van der Waals surface area contributed by atoms with Crippen molar-refractivity contribution in [1.29, 1.82) is 5.26 Å². The molecule has 3 rings (SSSR count). The molecule has 0 radical (unpaired) electrons. The van der Waals surface area contributed by atoms with Crippen LogP contribution in [0, 0.1) is 11.3 Å². The quantitative estimate of drug-likeness (QED) is 0.692. The van der Waals surface area contributed by atoms with Crippen molar-refractivity contribution in [2.75, 3.05) is 13.1 Å². The largest absolute Gasteiger partial charge is 0.357 e. The second-order valence-corrected chi connectivity index (χ2v) is 6.13. The van der Waals surface area contributed by atoms with Gasteiger partial charge >= 0.3 is 0 Å². The summed E-state index contributed by atoms with van der Waals surface area (Å²) in [5.74, 6) is -0.112. The van der Waals surface area contributed by atoms with Gasteiger partial charge in [-0.15, -0.1) is 0 Å². The van der Waals surface area contributed by atoms with Gasteiger partial charge in [0.1, 0.15) is 11.3 Å². The van der Waals surface area contributed by atoms with Crippen LogP contribution in [-0.2, 0) is 0 Å². The van der Waals surface area contributed by atoms with Crippen LogP contribution in [0.4, 0.5) is 0 Å². The molecular formula is C18H20ClN5O. The maximum atomic E-state index is 12.7. The summed E-state index contributed by atoms with van der Waals surface area (Å²) in [4.78, 5) is 24.8. The predicted octanol–water partition coefficient (Wildman–Crippen LogP) is 4.22. The van der Waals surface area contributed by atoms with E-state index in [1.807, 2.05) is 13.0 Å². The second-order valence-electron chi connectivity index (χ2n) is 5.72. The number of nitriles is 1. The molecule has 2 N–H and O–H groups in total. The number of halogens is 1. The lowest BCUT2D eigenvalue weighted by molar-refractivity contribution is 0.0754. The number of fused-ring (bicyclic) bond motifs is 1. The van der Waals surface area contributed by atoms with E-state index in [9.17, 15) is 4.79 Å². The summed E-state index contributed by atoms with van der Waals surface area (Å²) in [6.07, 6.45) is 6.33. The van der Waals surface area contributed by atoms with Crippen LogP contribution in [0.1, 0.15) is 31.7 Å². The summed E-state index contributed by atoms with van der Waals surface area (Å²) >= 11 is 6.34. The Balaban J connectivity index is 0.00000243. The van der Waals surface area contributed by atoms with Gasteiger partial charge in [0.2, 0.25) is 0 Å². The lowest BCUT2D eigenvalue weighted by Gasteiger charge is -2.19. The van der Waals surface area contributed by atoms with Gasteiger partial charge in [0, 0.05) is 49.6 Å². The molecule has 0 aliphatic heterocycles. The molecule has 0 bridgehead atoms. The lowest BCUT2D eigenvalue weighted by Crippen LogP contribution is -2.32. The topological polar surface area (TPSA) is 88.6 Å². The highest BCUT2D eigenvalue weighted by atomic mass is 35.5. The van der Waals surface area contributed by atoms with E-state index in [4.69, 9.17) is 16.9 Å². The number of rotatable bonds is 6. The van der Waals surface area contributed by atoms with E-state index in [2.05, 4.69) is 21.0 Å². The van der Waals surface area contributed by atoms with Crippen LogP contribution >= 0.6 is 11.6 Å². The Kier molecular flexibility index (Phi) is 5.05. The molecule has 130 valence electrons. The number of H-pyrrole nitrogens is 2. The number of pyridine rings is 1. The predicted molar refractivity (Wildman–Crippen MR) is 99.4 cm³/mol. The number of aromatic nitrogens is 3. The zero-order valence-corrected chi connectivity index (χ0v) is 14.6. The van der Waals surface area contributed by atoms with Crippen LogP contribution in [0.15, 0.2) is 30.7 Å². The minimum atomic E-state index is -0.112. The van der Waals surface area contributed by atoms with Gasteiger partial charge in [0.25, 0.3) is 5.91 Å². The summed E-state index contributed by atoms with van der Waals surface area (Å²) < 4.78 is 0. The van der Waals surface area contributed by atoms with Crippen molar-refractivity contribution in [1.82, 2.24) is 19.9 Å². The minimum absolute atomic E-state index is 0. The van der Waals surface area contributed by atoms with Crippen LogP contribution in [0.25, 0.3) is 22.2 Å². The molecule has 0 spiro atoms. The molecule has 7 heteroatoms. The first-order valence-corrected chi connectivity index (χ1v) is 8.50. The number of hydrogen-bond acceptors (Lipinski definition) is 3. The summed E-state index contributed by atoms with van der Waals surface area (Å²) in [5, 5.41) is 10.2. The number of nitrogens with one attached hydrogen (secondary N) is 2. The van der Waals surface area contributed by atoms with E-state index in [0.29, 0.717) is 30.2 Å². The molecule has 0 fully saturated rings. The first kappa shape index (κ1) is 17.1. The van der Waals surface area contributed by atoms with E-state index in [1.165, 1.54) is 0 Å². The zero-order chi connectivity index (χ0) is 17.8. The highest BCUT2D eigenvalue weighted by molar-refractivity contribution is 6.34. The Labute approximate surface area is 151 Å². The zero-order valence-electron chi connectivity index (χ0n) is 13.8. The van der Waals surface area contributed by atoms with E-state index in [1.54, 1.807) is 29.6 Å². The fourth-order valence-electron chi connectivity index (χ4n) is 2.88. The minimum Gasteiger partial charge on any atom is -0.357 e. The Morgan fingerprint density at radius 2 is 2.28 bits per heavy atom. The van der Waals surface area contributed by atoms with Gasteiger partial charge in [-0.2, -0.15) is 5.26 Å². The van der Waals surface area contributed by atoms with Gasteiger partial charge in [0.05, 0.1) is 17.5 Å². The van der Waals surface area contributed by atoms with Crippen molar-refractivity contribution in [3.8, 4) is 17.2 Å². The highest BCUT2D eigenvalue weighted by Gasteiger charge is 2.19. The van der Waals surface area contributed by atoms with Gasteiger partial charge in [-0.3, -0.25) is 4.79 Å². The average Bonchev–Trinajstić information content (AvgIpc) is 3.27. The van der Waals surface area contributed by atoms with E-state index >= 15 is 0 Å². The van der Waals surface area contributed by atoms with E-state index in [-0.39, 0.29) is 7.33 Å². The van der Waals surface area contributed by atoms with E-state index in [0.717, 1.165) is 28.6 Å². The number of amides is 1. The van der Waals surface area contributed by atoms with Crippen molar-refractivity contribution in [3.63, 3.8) is 0 Å². The Morgan fingerprint density at radius 3 is 3.04 bits per heavy atom. The molecule has 0 unspecified atom stereocenters. The Hall–Kier alpha value is -2.78. The SMILES string of the molecule is CCCN(CCC#N)C(=O)c1cc(-c2c(Cl)cnc3[nH]ccc23)c[nH]1.[HH]. The van der Waals surface area contributed by atoms with Crippen molar-refractivity contribution in [2.45, 2.75) is 19.8 Å². The molecule has 1 amide bonds. The molecule has 0 aliphatic rings. The van der Waals surface area contributed by atoms with Crippen LogP contribution in [-0.4, -0.2) is 38.8 Å². The maximum absolute atomic E-state index is 12.7. The number of aromatic amines is 2. The van der Waals surface area contributed by atoms with Gasteiger partial charge < -0.3 is 14.9 Å². The van der Waals surface area contributed by atoms with Crippen molar-refractivity contribution >= 4 is 28.5 Å². The standard InChI is InChI=1S/C18H18ClN5O.H2/c1-2-7-24(8-3-5-20)18(25)15-9-12(10-22-15)16-13-4-6-21-17(13)23-11-14(16)19;/h4,6,9-11,22H,2-3,7-8H2,1H3,(H,21,23);1H. The van der Waals surface area contributed by atoms with Crippen LogP contribution in [0.2, 0.25) is 5.02 Å². The third-order valence-electron chi connectivity index (χ3n) is 4.02. The molecule has 0 aromatic carbocycles. The van der Waals surface area contributed by atoms with Crippen LogP contribution < -0.4 is 0 Å². The first-order chi connectivity index (χ1) is 12.2. The van der Waals surface area contributed by atoms with Gasteiger partial charge in [-0.05, 0) is 18.6 Å². The molecule has 0 atom stereocenters. The third-order valence-corrected chi connectivity index (χ3v) is 4.30. The number of hydrogen-bond donors (Lipinski definition) is 2. The van der Waals surface area contributed by atoms with Gasteiger partial charge in [-0.25, -0.2) is 4.98 Å². The molecule has 0 saturated heterocycles. The normalized spacial score (nSPS) is 10.8. The van der Waals surface area contributed by atoms with Crippen molar-refractivity contribution in [2.24, 2.45) is 0 Å². The first-order valence-electron chi connectivity index (χ1n) is 8.12. The number of carbonyl (C=O) groups is 1. The number of carbonyl (C=O) groups excluding carboxylic acids is 1. The van der Waals surface area contributed by atoms with Crippen molar-refractivity contribution < 1.29 is 6.22 Å². The van der Waals surface area contributed by atoms with E-state index < -0.39 is 0 Å². The summed E-state index contributed by atoms with van der Waals surface area (Å²) in [7, 11) is 0. The third kappa shape index (κ3) is 3.37. The van der Waals surface area contributed by atoms with Gasteiger partial charge in [0.15, 0.2) is 0 Å². The summed E-state index contributed by atoms with van der Waals surface area (Å²) in [5.41, 5.74) is 2.90. The average molecular weight is 358 g/mol. The lowest BCUT2D eigenvalue weighted by atomic mass is 10.1. The maximum Gasteiger partial charge on any atom is 0.270 e. The molecule has 3 aromatic heterocycles. The highest BCUT2D eigenvalue weighted by Crippen LogP contribution is 2.34. The van der Waals surface area contributed by atoms with Gasteiger partial charge in [-0.1, -0.05) is 18.5 Å². The molecule has 3 heterocycles. The number of nitrogens with zero attached hydrogens (tertiary/aromatic N) is 3. The van der Waals surface area contributed by atoms with Crippen molar-refractivity contribution in [3.05, 3.63) is 41.4 Å². The van der Waals surface area contributed by atoms with Crippen LogP contribution in [0.3, 0.4) is 0 Å². The molecule has 0 saturated carbocycles. The van der Waals surface area contributed by atoms with Crippen LogP contribution in [0.5, 0.6) is 0 Å². The molecule has 0 aliphatic carbocycles. The molecule has 3 aromatic rings.